The fourth-order valence-corrected chi connectivity index (χ4v) is 7.33. The van der Waals surface area contributed by atoms with Crippen LogP contribution in [0.15, 0.2) is 116 Å². The van der Waals surface area contributed by atoms with Crippen LogP contribution in [0.5, 0.6) is 0 Å². The molecule has 4 unspecified atom stereocenters. The van der Waals surface area contributed by atoms with E-state index in [0.717, 1.165) is 31.4 Å². The molecule has 0 amide bonds. The molecule has 3 heteroatoms. The van der Waals surface area contributed by atoms with Crippen LogP contribution in [-0.2, 0) is 11.2 Å². The number of ether oxygens (including phenoxy) is 1. The van der Waals surface area contributed by atoms with Crippen LogP contribution >= 0.6 is 0 Å². The molecule has 3 fully saturated rings. The molecule has 3 nitrogen and oxygen atoms in total. The van der Waals surface area contributed by atoms with Gasteiger partial charge in [-0.15, -0.1) is 13.2 Å². The maximum absolute atomic E-state index is 7.24. The molecule has 8 rings (SSSR count). The quantitative estimate of drug-likeness (QED) is 0.151. The second-order valence-corrected chi connectivity index (χ2v) is 11.5. The van der Waals surface area contributed by atoms with Crippen molar-refractivity contribution >= 4 is 32.4 Å². The smallest absolute Gasteiger partial charge is 0.0995 e. The van der Waals surface area contributed by atoms with Crippen LogP contribution in [0.25, 0.3) is 32.4 Å². The Balaban J connectivity index is 1.30. The largest absolute Gasteiger partial charge is 0.364 e. The molecule has 0 saturated carbocycles. The molecule has 1 aromatic heterocycles. The van der Waals surface area contributed by atoms with E-state index in [1.165, 1.54) is 44.5 Å². The molecule has 4 aromatic carbocycles. The summed E-state index contributed by atoms with van der Waals surface area (Å²) in [5.41, 5.74) is 3.57. The predicted octanol–water partition coefficient (Wildman–Crippen LogP) is 8.29. The van der Waals surface area contributed by atoms with Gasteiger partial charge in [0, 0.05) is 30.6 Å². The predicted molar refractivity (Wildman–Crippen MR) is 166 cm³/mol. The Morgan fingerprint density at radius 2 is 1.60 bits per heavy atom. The van der Waals surface area contributed by atoms with Gasteiger partial charge in [0.2, 0.25) is 0 Å². The third-order valence-corrected chi connectivity index (χ3v) is 9.37. The van der Waals surface area contributed by atoms with Crippen molar-refractivity contribution < 1.29 is 4.74 Å². The average Bonchev–Trinajstić information content (AvgIpc) is 3.02. The third-order valence-electron chi connectivity index (χ3n) is 9.37. The van der Waals surface area contributed by atoms with E-state index in [2.05, 4.69) is 114 Å². The minimum atomic E-state index is -0.136. The molecule has 3 aliphatic heterocycles. The maximum atomic E-state index is 7.24. The van der Waals surface area contributed by atoms with Crippen LogP contribution < -0.4 is 0 Å². The Bertz CT molecular complexity index is 1650. The summed E-state index contributed by atoms with van der Waals surface area (Å²) in [7, 11) is 0. The number of hydrogen-bond donors (Lipinski definition) is 0. The van der Waals surface area contributed by atoms with Gasteiger partial charge in [0.25, 0.3) is 0 Å². The topological polar surface area (TPSA) is 25.4 Å². The average molecular weight is 525 g/mol. The number of pyridine rings is 1. The van der Waals surface area contributed by atoms with Crippen molar-refractivity contribution in [3.05, 3.63) is 128 Å². The van der Waals surface area contributed by atoms with Crippen LogP contribution in [0, 0.1) is 11.8 Å². The zero-order chi connectivity index (χ0) is 27.1. The van der Waals surface area contributed by atoms with Gasteiger partial charge in [-0.1, -0.05) is 78.9 Å². The van der Waals surface area contributed by atoms with Crippen molar-refractivity contribution in [2.24, 2.45) is 11.8 Å². The SMILES string of the molecule is C=CC(Cc1c2ccccc2cc2ccccc12)O[C@H](c1ccnc2ccccc12)[C@@H]1CC2CCN1CC2C=C. The fraction of sp³-hybridized carbons (Fsp3) is 0.270. The number of para-hydroxylation sites is 1. The molecule has 4 heterocycles. The minimum absolute atomic E-state index is 0.0781. The van der Waals surface area contributed by atoms with Crippen LogP contribution in [0.4, 0.5) is 0 Å². The van der Waals surface area contributed by atoms with E-state index in [1.54, 1.807) is 0 Å². The van der Waals surface area contributed by atoms with Gasteiger partial charge in [0.05, 0.1) is 17.7 Å². The van der Waals surface area contributed by atoms with E-state index in [0.29, 0.717) is 17.9 Å². The molecule has 3 saturated heterocycles. The summed E-state index contributed by atoms with van der Waals surface area (Å²) in [6.07, 6.45) is 9.05. The van der Waals surface area contributed by atoms with Crippen molar-refractivity contribution in [2.75, 3.05) is 13.1 Å². The molecule has 200 valence electrons. The normalized spacial score (nSPS) is 23.8. The van der Waals surface area contributed by atoms with Crippen molar-refractivity contribution in [1.82, 2.24) is 9.88 Å². The highest BCUT2D eigenvalue weighted by molar-refractivity contribution is 6.02. The van der Waals surface area contributed by atoms with Crippen LogP contribution in [0.3, 0.4) is 0 Å². The first-order valence-corrected chi connectivity index (χ1v) is 14.6. The van der Waals surface area contributed by atoms with Gasteiger partial charge in [-0.25, -0.2) is 0 Å². The Kier molecular flexibility index (Phi) is 6.71. The number of fused-ring (bicyclic) bond motifs is 6. The standard InChI is InChI=1S/C37H36N2O/c1-3-25-24-39-20-18-26(25)22-36(39)37(33-17-19-38-35-16-10-9-15-32(33)35)40-29(4-2)23-34-30-13-7-5-11-27(30)21-28-12-6-8-14-31(28)34/h3-17,19,21,25-26,29,36-37H,1-2,18,20,22-24H2/t25?,26?,29?,36-,37+/m0/s1. The van der Waals surface area contributed by atoms with Gasteiger partial charge in [-0.3, -0.25) is 9.88 Å². The molecule has 0 spiro atoms. The monoisotopic (exact) mass is 524 g/mol. The van der Waals surface area contributed by atoms with Gasteiger partial charge in [-0.05, 0) is 82.1 Å². The van der Waals surface area contributed by atoms with E-state index in [1.807, 2.05) is 12.3 Å². The molecule has 40 heavy (non-hydrogen) atoms. The maximum Gasteiger partial charge on any atom is 0.0995 e. The molecule has 5 aromatic rings. The van der Waals surface area contributed by atoms with Gasteiger partial charge < -0.3 is 4.74 Å². The lowest BCUT2D eigenvalue weighted by Crippen LogP contribution is -2.55. The van der Waals surface area contributed by atoms with Gasteiger partial charge >= 0.3 is 0 Å². The Hall–Kier alpha value is -3.79. The van der Waals surface area contributed by atoms with Gasteiger partial charge in [-0.2, -0.15) is 0 Å². The van der Waals surface area contributed by atoms with Crippen molar-refractivity contribution in [3.63, 3.8) is 0 Å². The zero-order valence-electron chi connectivity index (χ0n) is 23.0. The summed E-state index contributed by atoms with van der Waals surface area (Å²) in [4.78, 5) is 7.33. The molecule has 0 aliphatic carbocycles. The Labute approximate surface area is 236 Å². The van der Waals surface area contributed by atoms with E-state index < -0.39 is 0 Å². The van der Waals surface area contributed by atoms with Gasteiger partial charge in [0.1, 0.15) is 0 Å². The highest BCUT2D eigenvalue weighted by atomic mass is 16.5. The second kappa shape index (κ2) is 10.6. The van der Waals surface area contributed by atoms with Crippen molar-refractivity contribution in [1.29, 1.82) is 0 Å². The first-order valence-electron chi connectivity index (χ1n) is 14.6. The molecule has 2 bridgehead atoms. The second-order valence-electron chi connectivity index (χ2n) is 11.5. The first kappa shape index (κ1) is 25.2. The summed E-state index contributed by atoms with van der Waals surface area (Å²) >= 11 is 0. The molecule has 6 atom stereocenters. The Morgan fingerprint density at radius 3 is 2.27 bits per heavy atom. The van der Waals surface area contributed by atoms with Crippen LogP contribution in [0.2, 0.25) is 0 Å². The fourth-order valence-electron chi connectivity index (χ4n) is 7.33. The van der Waals surface area contributed by atoms with Crippen LogP contribution in [0.1, 0.15) is 30.1 Å². The van der Waals surface area contributed by atoms with Crippen molar-refractivity contribution in [3.8, 4) is 0 Å². The summed E-state index contributed by atoms with van der Waals surface area (Å²) in [5, 5.41) is 6.29. The van der Waals surface area contributed by atoms with E-state index in [9.17, 15) is 0 Å². The summed E-state index contributed by atoms with van der Waals surface area (Å²) < 4.78 is 7.24. The third kappa shape index (κ3) is 4.44. The number of aromatic nitrogens is 1. The van der Waals surface area contributed by atoms with E-state index in [4.69, 9.17) is 4.74 Å². The Morgan fingerprint density at radius 1 is 0.900 bits per heavy atom. The molecule has 3 aliphatic rings. The zero-order valence-corrected chi connectivity index (χ0v) is 23.0. The summed E-state index contributed by atoms with van der Waals surface area (Å²) in [6, 6.07) is 30.7. The minimum Gasteiger partial charge on any atom is -0.364 e. The first-order chi connectivity index (χ1) is 19.7. The van der Waals surface area contributed by atoms with Gasteiger partial charge in [0.15, 0.2) is 0 Å². The summed E-state index contributed by atoms with van der Waals surface area (Å²) in [6.45, 7) is 10.6. The molecular formula is C37H36N2O. The molecular weight excluding hydrogens is 488 g/mol. The molecule has 0 radical (unpaired) electrons. The lowest BCUT2D eigenvalue weighted by Gasteiger charge is -2.51. The summed E-state index contributed by atoms with van der Waals surface area (Å²) in [5.74, 6) is 1.23. The number of hydrogen-bond acceptors (Lipinski definition) is 3. The highest BCUT2D eigenvalue weighted by Gasteiger charge is 2.43. The highest BCUT2D eigenvalue weighted by Crippen LogP contribution is 2.44. The lowest BCUT2D eigenvalue weighted by atomic mass is 9.73. The number of nitrogens with zero attached hydrogens (tertiary/aromatic N) is 2. The lowest BCUT2D eigenvalue weighted by molar-refractivity contribution is -0.0899. The van der Waals surface area contributed by atoms with Crippen LogP contribution in [-0.4, -0.2) is 35.1 Å². The molecule has 0 N–H and O–H groups in total. The van der Waals surface area contributed by atoms with Crippen molar-refractivity contribution in [2.45, 2.75) is 37.5 Å². The van der Waals surface area contributed by atoms with E-state index in [-0.39, 0.29) is 12.2 Å². The number of benzene rings is 4. The number of rotatable bonds is 8. The number of piperidine rings is 3. The van der Waals surface area contributed by atoms with E-state index >= 15 is 0 Å².